The quantitative estimate of drug-likeness (QED) is 0.671. The van der Waals surface area contributed by atoms with Gasteiger partial charge in [-0.3, -0.25) is 14.3 Å². The van der Waals surface area contributed by atoms with Gasteiger partial charge in [-0.25, -0.2) is 0 Å². The fourth-order valence-electron chi connectivity index (χ4n) is 4.27. The van der Waals surface area contributed by atoms with Crippen LogP contribution in [0.1, 0.15) is 39.7 Å². The number of nitrogens with zero attached hydrogens (tertiary/aromatic N) is 3. The average Bonchev–Trinajstić information content (AvgIpc) is 3.10. The lowest BCUT2D eigenvalue weighted by molar-refractivity contribution is -0.119. The summed E-state index contributed by atoms with van der Waals surface area (Å²) in [5.41, 5.74) is 7.28. The van der Waals surface area contributed by atoms with Crippen LogP contribution in [0, 0.1) is 6.92 Å². The van der Waals surface area contributed by atoms with Gasteiger partial charge >= 0.3 is 0 Å². The zero-order valence-electron chi connectivity index (χ0n) is 18.3. The second kappa shape index (κ2) is 8.76. The topological polar surface area (TPSA) is 67.2 Å². The standard InChI is InChI=1S/C25H28N4O2/c1-17-9-10-20-11-12-21-23(27-28(3)24(21)22(20)15-17)25(31)29(14-13-26-18(2)30)16-19-7-5-4-6-8-19/h4-10,15H,11-14,16H2,1-3H3,(H,26,30). The number of benzene rings is 2. The van der Waals surface area contributed by atoms with Crippen molar-refractivity contribution in [2.45, 2.75) is 33.2 Å². The number of aryl methyl sites for hydroxylation is 3. The molecule has 1 aromatic heterocycles. The molecule has 1 heterocycles. The second-order valence-corrected chi connectivity index (χ2v) is 8.16. The van der Waals surface area contributed by atoms with Crippen LogP contribution in [0.4, 0.5) is 0 Å². The van der Waals surface area contributed by atoms with Crippen LogP contribution >= 0.6 is 0 Å². The highest BCUT2D eigenvalue weighted by Gasteiger charge is 2.29. The predicted molar refractivity (Wildman–Crippen MR) is 121 cm³/mol. The van der Waals surface area contributed by atoms with Crippen LogP contribution in [0.15, 0.2) is 48.5 Å². The van der Waals surface area contributed by atoms with Crippen LogP contribution < -0.4 is 5.32 Å². The number of fused-ring (bicyclic) bond motifs is 3. The third-order valence-electron chi connectivity index (χ3n) is 5.77. The number of rotatable bonds is 6. The molecule has 0 spiro atoms. The van der Waals surface area contributed by atoms with E-state index in [1.54, 1.807) is 4.90 Å². The monoisotopic (exact) mass is 416 g/mol. The molecule has 4 rings (SSSR count). The lowest BCUT2D eigenvalue weighted by Crippen LogP contribution is -2.38. The van der Waals surface area contributed by atoms with Crippen LogP contribution in [0.25, 0.3) is 11.3 Å². The summed E-state index contributed by atoms with van der Waals surface area (Å²) in [6, 6.07) is 16.4. The zero-order chi connectivity index (χ0) is 22.0. The highest BCUT2D eigenvalue weighted by molar-refractivity contribution is 5.96. The van der Waals surface area contributed by atoms with Gasteiger partial charge in [0.25, 0.3) is 5.91 Å². The van der Waals surface area contributed by atoms with E-state index in [0.717, 1.165) is 29.7 Å². The molecule has 6 heteroatoms. The fourth-order valence-corrected chi connectivity index (χ4v) is 4.27. The zero-order valence-corrected chi connectivity index (χ0v) is 18.3. The minimum absolute atomic E-state index is 0.0952. The van der Waals surface area contributed by atoms with Crippen molar-refractivity contribution in [3.05, 3.63) is 76.5 Å². The van der Waals surface area contributed by atoms with E-state index in [-0.39, 0.29) is 11.8 Å². The van der Waals surface area contributed by atoms with Gasteiger partial charge in [-0.1, -0.05) is 48.0 Å². The highest BCUT2D eigenvalue weighted by Crippen LogP contribution is 2.36. The lowest BCUT2D eigenvalue weighted by Gasteiger charge is -2.23. The molecule has 0 bridgehead atoms. The number of hydrogen-bond donors (Lipinski definition) is 1. The first-order valence-corrected chi connectivity index (χ1v) is 10.7. The summed E-state index contributed by atoms with van der Waals surface area (Å²) in [5, 5.41) is 7.46. The minimum Gasteiger partial charge on any atom is -0.355 e. The Morgan fingerprint density at radius 2 is 1.90 bits per heavy atom. The first kappa shape index (κ1) is 20.8. The molecule has 0 saturated carbocycles. The SMILES string of the molecule is CC(=O)NCCN(Cc1ccccc1)C(=O)c1nn(C)c2c1CCc1ccc(C)cc1-2. The van der Waals surface area contributed by atoms with Gasteiger partial charge < -0.3 is 10.2 Å². The summed E-state index contributed by atoms with van der Waals surface area (Å²) in [7, 11) is 1.91. The molecule has 1 aliphatic rings. The molecule has 31 heavy (non-hydrogen) atoms. The fraction of sp³-hybridized carbons (Fsp3) is 0.320. The van der Waals surface area contributed by atoms with E-state index in [9.17, 15) is 9.59 Å². The Bertz CT molecular complexity index is 1120. The van der Waals surface area contributed by atoms with E-state index in [2.05, 4.69) is 35.5 Å². The molecule has 0 unspecified atom stereocenters. The van der Waals surface area contributed by atoms with Crippen LogP contribution in [0.5, 0.6) is 0 Å². The van der Waals surface area contributed by atoms with Gasteiger partial charge in [0, 0.05) is 44.7 Å². The van der Waals surface area contributed by atoms with Gasteiger partial charge in [0.15, 0.2) is 5.69 Å². The molecule has 2 amide bonds. The maximum atomic E-state index is 13.6. The van der Waals surface area contributed by atoms with E-state index in [1.807, 2.05) is 42.1 Å². The van der Waals surface area contributed by atoms with E-state index in [4.69, 9.17) is 0 Å². The minimum atomic E-state index is -0.102. The van der Waals surface area contributed by atoms with E-state index >= 15 is 0 Å². The Morgan fingerprint density at radius 3 is 2.65 bits per heavy atom. The van der Waals surface area contributed by atoms with Crippen LogP contribution in [-0.4, -0.2) is 39.6 Å². The van der Waals surface area contributed by atoms with Gasteiger partial charge in [-0.2, -0.15) is 5.10 Å². The molecule has 0 fully saturated rings. The molecule has 0 radical (unpaired) electrons. The third kappa shape index (κ3) is 4.38. The average molecular weight is 417 g/mol. The number of nitrogens with one attached hydrogen (secondary N) is 1. The molecule has 3 aromatic rings. The van der Waals surface area contributed by atoms with Crippen molar-refractivity contribution < 1.29 is 9.59 Å². The summed E-state index contributed by atoms with van der Waals surface area (Å²) >= 11 is 0. The predicted octanol–water partition coefficient (Wildman–Crippen LogP) is 3.27. The molecule has 160 valence electrons. The largest absolute Gasteiger partial charge is 0.355 e. The number of amides is 2. The number of aromatic nitrogens is 2. The number of hydrogen-bond acceptors (Lipinski definition) is 3. The Balaban J connectivity index is 1.67. The van der Waals surface area contributed by atoms with Gasteiger partial charge in [0.05, 0.1) is 5.69 Å². The molecule has 1 aliphatic carbocycles. The highest BCUT2D eigenvalue weighted by atomic mass is 16.2. The van der Waals surface area contributed by atoms with Crippen LogP contribution in [-0.2, 0) is 31.2 Å². The molecule has 0 aliphatic heterocycles. The van der Waals surface area contributed by atoms with Crippen LogP contribution in [0.3, 0.4) is 0 Å². The maximum absolute atomic E-state index is 13.6. The molecule has 6 nitrogen and oxygen atoms in total. The third-order valence-corrected chi connectivity index (χ3v) is 5.77. The summed E-state index contributed by atoms with van der Waals surface area (Å²) in [5.74, 6) is -0.198. The van der Waals surface area contributed by atoms with Gasteiger partial charge in [0.2, 0.25) is 5.91 Å². The first-order chi connectivity index (χ1) is 14.9. The Hall–Kier alpha value is -3.41. The smallest absolute Gasteiger partial charge is 0.275 e. The van der Waals surface area contributed by atoms with Gasteiger partial charge in [-0.15, -0.1) is 0 Å². The molecule has 1 N–H and O–H groups in total. The molecular formula is C25H28N4O2. The van der Waals surface area contributed by atoms with Crippen molar-refractivity contribution in [2.75, 3.05) is 13.1 Å². The number of carbonyl (C=O) groups excluding carboxylic acids is 2. The summed E-state index contributed by atoms with van der Waals surface area (Å²) in [6.07, 6.45) is 1.70. The normalized spacial score (nSPS) is 12.1. The molecule has 0 atom stereocenters. The van der Waals surface area contributed by atoms with Crippen molar-refractivity contribution in [3.8, 4) is 11.3 Å². The van der Waals surface area contributed by atoms with Crippen molar-refractivity contribution in [1.29, 1.82) is 0 Å². The Labute approximate surface area is 182 Å². The molecule has 0 saturated heterocycles. The van der Waals surface area contributed by atoms with E-state index in [0.29, 0.717) is 25.3 Å². The Morgan fingerprint density at radius 1 is 1.13 bits per heavy atom. The molecular weight excluding hydrogens is 388 g/mol. The summed E-state index contributed by atoms with van der Waals surface area (Å²) < 4.78 is 1.84. The van der Waals surface area contributed by atoms with Crippen molar-refractivity contribution >= 4 is 11.8 Å². The van der Waals surface area contributed by atoms with Crippen molar-refractivity contribution in [2.24, 2.45) is 7.05 Å². The number of carbonyl (C=O) groups is 2. The van der Waals surface area contributed by atoms with E-state index < -0.39 is 0 Å². The Kier molecular flexibility index (Phi) is 5.89. The molecule has 2 aromatic carbocycles. The maximum Gasteiger partial charge on any atom is 0.275 e. The van der Waals surface area contributed by atoms with E-state index in [1.165, 1.54) is 23.6 Å². The van der Waals surface area contributed by atoms with Crippen molar-refractivity contribution in [3.63, 3.8) is 0 Å². The van der Waals surface area contributed by atoms with Crippen molar-refractivity contribution in [1.82, 2.24) is 20.0 Å². The summed E-state index contributed by atoms with van der Waals surface area (Å²) in [4.78, 5) is 26.7. The second-order valence-electron chi connectivity index (χ2n) is 8.16. The van der Waals surface area contributed by atoms with Gasteiger partial charge in [0.1, 0.15) is 0 Å². The first-order valence-electron chi connectivity index (χ1n) is 10.7. The van der Waals surface area contributed by atoms with Crippen LogP contribution in [0.2, 0.25) is 0 Å². The van der Waals surface area contributed by atoms with Gasteiger partial charge in [-0.05, 0) is 37.0 Å². The summed E-state index contributed by atoms with van der Waals surface area (Å²) in [6.45, 7) is 4.87. The lowest BCUT2D eigenvalue weighted by atomic mass is 9.87.